The first kappa shape index (κ1) is 21.8. The van der Waals surface area contributed by atoms with Crippen LogP contribution in [-0.4, -0.2) is 47.6 Å². The Hall–Kier alpha value is -3.02. The monoisotopic (exact) mass is 460 g/mol. The van der Waals surface area contributed by atoms with Crippen LogP contribution in [0.15, 0.2) is 66.7 Å². The molecule has 33 heavy (non-hydrogen) atoms. The van der Waals surface area contributed by atoms with E-state index in [0.717, 1.165) is 49.1 Å². The Morgan fingerprint density at radius 1 is 0.939 bits per heavy atom. The van der Waals surface area contributed by atoms with Gasteiger partial charge in [0.05, 0.1) is 6.04 Å². The van der Waals surface area contributed by atoms with E-state index in [-0.39, 0.29) is 11.9 Å². The maximum Gasteiger partial charge on any atom is 0.241 e. The highest BCUT2D eigenvalue weighted by Crippen LogP contribution is 2.31. The summed E-state index contributed by atoms with van der Waals surface area (Å²) >= 11 is 6.15. The van der Waals surface area contributed by atoms with Gasteiger partial charge < -0.3 is 14.8 Å². The Labute approximate surface area is 199 Å². The molecule has 1 atom stereocenters. The van der Waals surface area contributed by atoms with E-state index in [1.807, 2.05) is 31.2 Å². The predicted molar refractivity (Wildman–Crippen MR) is 138 cm³/mol. The number of hydrogen-bond donors (Lipinski definition) is 1. The van der Waals surface area contributed by atoms with Crippen LogP contribution in [0.3, 0.4) is 0 Å². The minimum atomic E-state index is -0.195. The van der Waals surface area contributed by atoms with Gasteiger partial charge in [-0.25, -0.2) is 0 Å². The molecule has 3 aromatic carbocycles. The first-order valence-corrected chi connectivity index (χ1v) is 12.0. The molecule has 0 bridgehead atoms. The van der Waals surface area contributed by atoms with Crippen molar-refractivity contribution in [1.82, 2.24) is 9.47 Å². The van der Waals surface area contributed by atoms with E-state index in [0.29, 0.717) is 0 Å². The fourth-order valence-corrected chi connectivity index (χ4v) is 5.11. The van der Waals surface area contributed by atoms with Crippen molar-refractivity contribution >= 4 is 50.7 Å². The van der Waals surface area contributed by atoms with Crippen LogP contribution >= 0.6 is 11.6 Å². The molecule has 5 nitrogen and oxygen atoms in total. The molecule has 1 N–H and O–H groups in total. The lowest BCUT2D eigenvalue weighted by Gasteiger charge is -2.38. The van der Waals surface area contributed by atoms with Crippen LogP contribution in [-0.2, 0) is 11.3 Å². The van der Waals surface area contributed by atoms with Gasteiger partial charge in [0.1, 0.15) is 0 Å². The molecular formula is C27H29ClN4O. The fourth-order valence-electron chi connectivity index (χ4n) is 4.92. The molecule has 4 aromatic rings. The van der Waals surface area contributed by atoms with Gasteiger partial charge in [-0.3, -0.25) is 9.69 Å². The summed E-state index contributed by atoms with van der Waals surface area (Å²) in [5.74, 6) is 0.0322. The Kier molecular flexibility index (Phi) is 6.00. The van der Waals surface area contributed by atoms with Gasteiger partial charge in [-0.1, -0.05) is 35.9 Å². The second-order valence-corrected chi connectivity index (χ2v) is 9.10. The van der Waals surface area contributed by atoms with Gasteiger partial charge in [-0.15, -0.1) is 0 Å². The highest BCUT2D eigenvalue weighted by atomic mass is 35.5. The maximum absolute atomic E-state index is 13.1. The Morgan fingerprint density at radius 3 is 2.45 bits per heavy atom. The van der Waals surface area contributed by atoms with Gasteiger partial charge in [0.25, 0.3) is 0 Å². The Morgan fingerprint density at radius 2 is 1.70 bits per heavy atom. The third-order valence-corrected chi connectivity index (χ3v) is 7.01. The standard InChI is InChI=1S/C27H29ClN4O/c1-3-32-25-10-5-4-9-23(25)24-18-21(11-12-26(24)32)29-27(33)19(2)30-13-15-31(16-14-30)22-8-6-7-20(28)17-22/h4-12,17-19H,3,13-16H2,1-2H3,(H,29,33)/t19-/m1/s1. The summed E-state index contributed by atoms with van der Waals surface area (Å²) in [6.07, 6.45) is 0. The molecule has 1 aliphatic heterocycles. The van der Waals surface area contributed by atoms with Crippen LogP contribution < -0.4 is 10.2 Å². The third kappa shape index (κ3) is 4.19. The van der Waals surface area contributed by atoms with Crippen molar-refractivity contribution in [3.8, 4) is 0 Å². The SMILES string of the molecule is CCn1c2ccccc2c2cc(NC(=O)[C@@H](C)N3CCN(c4cccc(Cl)c4)CC3)ccc21. The lowest BCUT2D eigenvalue weighted by Crippen LogP contribution is -2.52. The third-order valence-electron chi connectivity index (χ3n) is 6.77. The number of amides is 1. The minimum Gasteiger partial charge on any atom is -0.369 e. The number of anilines is 2. The van der Waals surface area contributed by atoms with E-state index in [1.165, 1.54) is 21.8 Å². The van der Waals surface area contributed by atoms with Crippen LogP contribution in [0.2, 0.25) is 5.02 Å². The van der Waals surface area contributed by atoms with Crippen LogP contribution in [0.1, 0.15) is 13.8 Å². The zero-order chi connectivity index (χ0) is 22.9. The Bertz CT molecular complexity index is 1310. The average Bonchev–Trinajstić information content (AvgIpc) is 3.16. The number of para-hydroxylation sites is 1. The summed E-state index contributed by atoms with van der Waals surface area (Å²) in [5.41, 5.74) is 4.40. The van der Waals surface area contributed by atoms with Crippen molar-refractivity contribution < 1.29 is 4.79 Å². The molecule has 6 heteroatoms. The molecule has 0 unspecified atom stereocenters. The second kappa shape index (κ2) is 9.08. The Balaban J connectivity index is 1.28. The minimum absolute atomic E-state index is 0.0322. The van der Waals surface area contributed by atoms with Crippen molar-refractivity contribution in [3.63, 3.8) is 0 Å². The maximum atomic E-state index is 13.1. The smallest absolute Gasteiger partial charge is 0.241 e. The summed E-state index contributed by atoms with van der Waals surface area (Å²) in [5, 5.41) is 6.30. The molecule has 1 aromatic heterocycles. The van der Waals surface area contributed by atoms with E-state index in [9.17, 15) is 4.79 Å². The highest BCUT2D eigenvalue weighted by Gasteiger charge is 2.26. The molecule has 0 spiro atoms. The molecule has 0 aliphatic carbocycles. The normalized spacial score (nSPS) is 15.8. The number of carbonyl (C=O) groups excluding carboxylic acids is 1. The van der Waals surface area contributed by atoms with E-state index in [2.05, 4.69) is 69.1 Å². The molecule has 2 heterocycles. The molecule has 5 rings (SSSR count). The second-order valence-electron chi connectivity index (χ2n) is 8.66. The summed E-state index contributed by atoms with van der Waals surface area (Å²) in [7, 11) is 0. The predicted octanol–water partition coefficient (Wildman–Crippen LogP) is 5.62. The zero-order valence-corrected chi connectivity index (χ0v) is 19.8. The number of halogens is 1. The number of aryl methyl sites for hydroxylation is 1. The molecular weight excluding hydrogens is 432 g/mol. The van der Waals surface area contributed by atoms with Crippen molar-refractivity contribution in [3.05, 3.63) is 71.8 Å². The topological polar surface area (TPSA) is 40.5 Å². The summed E-state index contributed by atoms with van der Waals surface area (Å²) < 4.78 is 2.32. The molecule has 170 valence electrons. The number of nitrogens with one attached hydrogen (secondary N) is 1. The van der Waals surface area contributed by atoms with Gasteiger partial charge in [-0.2, -0.15) is 0 Å². The van der Waals surface area contributed by atoms with Gasteiger partial charge in [0.2, 0.25) is 5.91 Å². The average molecular weight is 461 g/mol. The highest BCUT2D eigenvalue weighted by molar-refractivity contribution is 6.30. The first-order valence-electron chi connectivity index (χ1n) is 11.6. The van der Waals surface area contributed by atoms with Crippen molar-refractivity contribution in [1.29, 1.82) is 0 Å². The number of benzene rings is 3. The lowest BCUT2D eigenvalue weighted by atomic mass is 10.1. The number of nitrogens with zero attached hydrogens (tertiary/aromatic N) is 3. The summed E-state index contributed by atoms with van der Waals surface area (Å²) in [4.78, 5) is 17.7. The number of hydrogen-bond acceptors (Lipinski definition) is 3. The molecule has 1 amide bonds. The van der Waals surface area contributed by atoms with Gasteiger partial charge in [-0.05, 0) is 56.3 Å². The van der Waals surface area contributed by atoms with E-state index >= 15 is 0 Å². The van der Waals surface area contributed by atoms with E-state index in [1.54, 1.807) is 0 Å². The molecule has 0 saturated carbocycles. The van der Waals surface area contributed by atoms with E-state index < -0.39 is 0 Å². The lowest BCUT2D eigenvalue weighted by molar-refractivity contribution is -0.120. The van der Waals surface area contributed by atoms with Crippen molar-refractivity contribution in [2.75, 3.05) is 36.4 Å². The number of rotatable bonds is 5. The number of carbonyl (C=O) groups is 1. The van der Waals surface area contributed by atoms with Crippen molar-refractivity contribution in [2.24, 2.45) is 0 Å². The van der Waals surface area contributed by atoms with Crippen LogP contribution in [0.25, 0.3) is 21.8 Å². The van der Waals surface area contributed by atoms with Gasteiger partial charge in [0, 0.05) is 70.9 Å². The molecule has 1 saturated heterocycles. The zero-order valence-electron chi connectivity index (χ0n) is 19.1. The first-order chi connectivity index (χ1) is 16.0. The van der Waals surface area contributed by atoms with Crippen LogP contribution in [0.4, 0.5) is 11.4 Å². The van der Waals surface area contributed by atoms with Crippen LogP contribution in [0, 0.1) is 0 Å². The molecule has 1 fully saturated rings. The number of fused-ring (bicyclic) bond motifs is 3. The van der Waals surface area contributed by atoms with Crippen molar-refractivity contribution in [2.45, 2.75) is 26.4 Å². The summed E-state index contributed by atoms with van der Waals surface area (Å²) in [6, 6.07) is 22.4. The van der Waals surface area contributed by atoms with Gasteiger partial charge in [0.15, 0.2) is 0 Å². The van der Waals surface area contributed by atoms with Gasteiger partial charge >= 0.3 is 0 Å². The van der Waals surface area contributed by atoms with E-state index in [4.69, 9.17) is 11.6 Å². The number of aromatic nitrogens is 1. The molecule has 1 aliphatic rings. The fraction of sp³-hybridized carbons (Fsp3) is 0.296. The number of piperazine rings is 1. The quantitative estimate of drug-likeness (QED) is 0.420. The largest absolute Gasteiger partial charge is 0.369 e. The molecule has 0 radical (unpaired) electrons. The summed E-state index contributed by atoms with van der Waals surface area (Å²) in [6.45, 7) is 8.49. The van der Waals surface area contributed by atoms with Crippen LogP contribution in [0.5, 0.6) is 0 Å².